The van der Waals surface area contributed by atoms with Gasteiger partial charge < -0.3 is 0 Å². The average molecular weight is 314 g/mol. The molecule has 0 unspecified atom stereocenters. The second-order valence-electron chi connectivity index (χ2n) is 4.47. The molecule has 21 heavy (non-hydrogen) atoms. The molecule has 0 amide bonds. The van der Waals surface area contributed by atoms with Gasteiger partial charge in [-0.2, -0.15) is 5.26 Å². The highest BCUT2D eigenvalue weighted by Crippen LogP contribution is 2.30. The van der Waals surface area contributed by atoms with Crippen LogP contribution in [0.4, 0.5) is 0 Å². The summed E-state index contributed by atoms with van der Waals surface area (Å²) in [6.45, 7) is 0. The number of hydrogen-bond acceptors (Lipinski definition) is 4. The third-order valence-corrected chi connectivity index (χ3v) is 4.05. The number of pyridine rings is 1. The quantitative estimate of drug-likeness (QED) is 0.497. The van der Waals surface area contributed by atoms with Gasteiger partial charge in [-0.05, 0) is 24.3 Å². The van der Waals surface area contributed by atoms with E-state index in [1.807, 2.05) is 6.07 Å². The fourth-order valence-corrected chi connectivity index (χ4v) is 2.75. The van der Waals surface area contributed by atoms with Gasteiger partial charge in [-0.3, -0.25) is 9.38 Å². The highest BCUT2D eigenvalue weighted by atomic mass is 35.5. The Morgan fingerprint density at radius 1 is 1.14 bits per heavy atom. The Kier molecular flexibility index (Phi) is 2.52. The number of benzene rings is 1. The molecule has 0 aliphatic carbocycles. The van der Waals surface area contributed by atoms with Crippen LogP contribution in [-0.2, 0) is 0 Å². The monoisotopic (exact) mass is 313 g/mol. The summed E-state index contributed by atoms with van der Waals surface area (Å²) in [6, 6.07) is 9.12. The van der Waals surface area contributed by atoms with E-state index in [-0.39, 0.29) is 0 Å². The van der Waals surface area contributed by atoms with Crippen LogP contribution >= 0.6 is 23.2 Å². The molecule has 1 aromatic carbocycles. The van der Waals surface area contributed by atoms with Crippen molar-refractivity contribution in [2.24, 2.45) is 0 Å². The van der Waals surface area contributed by atoms with Crippen molar-refractivity contribution < 1.29 is 0 Å². The van der Waals surface area contributed by atoms with E-state index in [4.69, 9.17) is 23.2 Å². The fourth-order valence-electron chi connectivity index (χ4n) is 2.43. The lowest BCUT2D eigenvalue weighted by molar-refractivity contribution is 1.04. The minimum absolute atomic E-state index is 0.395. The number of nitriles is 1. The van der Waals surface area contributed by atoms with E-state index in [1.165, 1.54) is 0 Å². The molecule has 0 radical (unpaired) electrons. The molecule has 0 aliphatic rings. The Bertz CT molecular complexity index is 1080. The Morgan fingerprint density at radius 2 is 1.95 bits per heavy atom. The Hall–Kier alpha value is -2.42. The molecule has 3 aromatic heterocycles. The highest BCUT2D eigenvalue weighted by molar-refractivity contribution is 6.42. The van der Waals surface area contributed by atoms with Gasteiger partial charge in [-0.25, -0.2) is 0 Å². The van der Waals surface area contributed by atoms with Gasteiger partial charge in [-0.15, -0.1) is 10.2 Å². The Balaban J connectivity index is 2.36. The summed E-state index contributed by atoms with van der Waals surface area (Å²) in [4.78, 5) is 4.29. The normalized spacial score (nSPS) is 11.3. The summed E-state index contributed by atoms with van der Waals surface area (Å²) < 4.78 is 1.71. The molecular formula is C14H5Cl2N5. The van der Waals surface area contributed by atoms with Gasteiger partial charge in [0.1, 0.15) is 22.8 Å². The second kappa shape index (κ2) is 4.29. The lowest BCUT2D eigenvalue weighted by Gasteiger charge is -2.04. The summed E-state index contributed by atoms with van der Waals surface area (Å²) >= 11 is 12.1. The Morgan fingerprint density at radius 3 is 2.76 bits per heavy atom. The van der Waals surface area contributed by atoms with E-state index in [0.717, 1.165) is 5.39 Å². The molecule has 100 valence electrons. The van der Waals surface area contributed by atoms with E-state index < -0.39 is 0 Å². The van der Waals surface area contributed by atoms with E-state index in [1.54, 1.807) is 28.8 Å². The first-order valence-corrected chi connectivity index (χ1v) is 6.77. The highest BCUT2D eigenvalue weighted by Gasteiger charge is 2.17. The zero-order valence-electron chi connectivity index (χ0n) is 10.4. The third-order valence-electron chi connectivity index (χ3n) is 3.33. The van der Waals surface area contributed by atoms with Crippen LogP contribution in [0.1, 0.15) is 5.69 Å². The maximum atomic E-state index is 9.50. The van der Waals surface area contributed by atoms with Crippen molar-refractivity contribution in [3.8, 4) is 6.07 Å². The smallest absolute Gasteiger partial charge is 0.187 e. The van der Waals surface area contributed by atoms with Crippen LogP contribution in [-0.4, -0.2) is 19.6 Å². The van der Waals surface area contributed by atoms with Crippen molar-refractivity contribution in [2.45, 2.75) is 0 Å². The number of fused-ring (bicyclic) bond motifs is 5. The first-order valence-electron chi connectivity index (χ1n) is 6.01. The number of nitrogens with zero attached hydrogens (tertiary/aromatic N) is 5. The lowest BCUT2D eigenvalue weighted by Crippen LogP contribution is -1.97. The molecule has 0 bridgehead atoms. The van der Waals surface area contributed by atoms with Gasteiger partial charge in [0.25, 0.3) is 0 Å². The Labute approximate surface area is 128 Å². The van der Waals surface area contributed by atoms with Gasteiger partial charge >= 0.3 is 0 Å². The average Bonchev–Trinajstić information content (AvgIpc) is 2.83. The number of halogens is 2. The summed E-state index contributed by atoms with van der Waals surface area (Å²) in [5.74, 6) is 0. The van der Waals surface area contributed by atoms with Gasteiger partial charge in [-0.1, -0.05) is 23.2 Å². The van der Waals surface area contributed by atoms with E-state index in [9.17, 15) is 5.26 Å². The molecule has 7 heteroatoms. The number of hydrogen-bond donors (Lipinski definition) is 0. The van der Waals surface area contributed by atoms with Gasteiger partial charge in [0.05, 0.1) is 15.6 Å². The first kappa shape index (κ1) is 12.3. The van der Waals surface area contributed by atoms with Gasteiger partial charge in [0.2, 0.25) is 0 Å². The molecule has 4 rings (SSSR count). The topological polar surface area (TPSA) is 66.9 Å². The molecule has 0 atom stereocenters. The van der Waals surface area contributed by atoms with Crippen LogP contribution in [0.25, 0.3) is 27.6 Å². The summed E-state index contributed by atoms with van der Waals surface area (Å²) in [7, 11) is 0. The van der Waals surface area contributed by atoms with Crippen molar-refractivity contribution in [1.29, 1.82) is 5.26 Å². The first-order chi connectivity index (χ1) is 10.2. The maximum absolute atomic E-state index is 9.50. The van der Waals surface area contributed by atoms with Crippen molar-refractivity contribution in [1.82, 2.24) is 19.6 Å². The van der Waals surface area contributed by atoms with Crippen molar-refractivity contribution in [3.63, 3.8) is 0 Å². The van der Waals surface area contributed by atoms with Crippen LogP contribution < -0.4 is 0 Å². The third kappa shape index (κ3) is 1.60. The maximum Gasteiger partial charge on any atom is 0.187 e. The largest absolute Gasteiger partial charge is 0.279 e. The van der Waals surface area contributed by atoms with Crippen LogP contribution in [0.2, 0.25) is 10.0 Å². The molecule has 3 heterocycles. The van der Waals surface area contributed by atoms with Crippen molar-refractivity contribution in [3.05, 3.63) is 46.2 Å². The van der Waals surface area contributed by atoms with E-state index in [0.29, 0.717) is 37.9 Å². The second-order valence-corrected chi connectivity index (χ2v) is 5.29. The van der Waals surface area contributed by atoms with E-state index >= 15 is 0 Å². The van der Waals surface area contributed by atoms with Gasteiger partial charge in [0, 0.05) is 11.6 Å². The molecule has 0 saturated heterocycles. The molecule has 4 aromatic rings. The van der Waals surface area contributed by atoms with Crippen LogP contribution in [0.15, 0.2) is 30.5 Å². The van der Waals surface area contributed by atoms with Crippen LogP contribution in [0.3, 0.4) is 0 Å². The number of aromatic nitrogens is 4. The summed E-state index contributed by atoms with van der Waals surface area (Å²) in [5, 5.41) is 19.3. The predicted molar refractivity (Wildman–Crippen MR) is 80.5 cm³/mol. The fraction of sp³-hybridized carbons (Fsp3) is 0. The standard InChI is InChI=1S/C14H5Cl2N5/c15-8-4-10-11(5-9(8)16)21-12(6-17)7-2-1-3-18-13(7)14(21)20-19-10/h1-5H. The predicted octanol–water partition coefficient (Wildman–Crippen LogP) is 3.61. The molecule has 0 fully saturated rings. The number of rotatable bonds is 0. The molecule has 0 spiro atoms. The molecule has 0 aliphatic heterocycles. The lowest BCUT2D eigenvalue weighted by atomic mass is 10.2. The molecule has 0 saturated carbocycles. The minimum Gasteiger partial charge on any atom is -0.279 e. The summed E-state index contributed by atoms with van der Waals surface area (Å²) in [5.41, 5.74) is 2.84. The molecule has 5 nitrogen and oxygen atoms in total. The zero-order chi connectivity index (χ0) is 14.6. The molecule has 0 N–H and O–H groups in total. The van der Waals surface area contributed by atoms with Crippen LogP contribution in [0, 0.1) is 11.3 Å². The summed E-state index contributed by atoms with van der Waals surface area (Å²) in [6.07, 6.45) is 1.66. The molecular weight excluding hydrogens is 309 g/mol. The van der Waals surface area contributed by atoms with Gasteiger partial charge in [0.15, 0.2) is 5.65 Å². The van der Waals surface area contributed by atoms with E-state index in [2.05, 4.69) is 21.3 Å². The van der Waals surface area contributed by atoms with Crippen LogP contribution in [0.5, 0.6) is 0 Å². The minimum atomic E-state index is 0.395. The van der Waals surface area contributed by atoms with Crippen molar-refractivity contribution >= 4 is 50.8 Å². The zero-order valence-corrected chi connectivity index (χ0v) is 11.9. The van der Waals surface area contributed by atoms with Crippen molar-refractivity contribution in [2.75, 3.05) is 0 Å². The SMILES string of the molecule is N#Cc1c2cccnc2c2nnc3cc(Cl)c(Cl)cc3n12.